The molecule has 0 aliphatic carbocycles. The highest BCUT2D eigenvalue weighted by Crippen LogP contribution is 2.21. The van der Waals surface area contributed by atoms with Crippen LogP contribution in [0, 0.1) is 0 Å². The van der Waals surface area contributed by atoms with Crippen LogP contribution < -0.4 is 11.1 Å². The lowest BCUT2D eigenvalue weighted by atomic mass is 10.1. The Hall–Kier alpha value is -1.75. The molecule has 0 fully saturated rings. The standard InChI is InChI=1S/C10H11ClN2O3/c1-16-8(14)5-13-10(15)6-3-2-4-7(11)9(6)12/h2-4H,5,12H2,1H3,(H,13,15). The average molecular weight is 243 g/mol. The molecule has 0 radical (unpaired) electrons. The summed E-state index contributed by atoms with van der Waals surface area (Å²) in [5, 5.41) is 2.66. The number of carbonyl (C=O) groups is 2. The molecule has 0 spiro atoms. The van der Waals surface area contributed by atoms with E-state index in [9.17, 15) is 9.59 Å². The molecule has 0 bridgehead atoms. The lowest BCUT2D eigenvalue weighted by Gasteiger charge is -2.07. The van der Waals surface area contributed by atoms with Crippen LogP contribution in [-0.4, -0.2) is 25.5 Å². The molecule has 6 heteroatoms. The summed E-state index contributed by atoms with van der Waals surface area (Å²) in [4.78, 5) is 22.4. The van der Waals surface area contributed by atoms with Crippen LogP contribution in [0.4, 0.5) is 5.69 Å². The van der Waals surface area contributed by atoms with E-state index in [1.807, 2.05) is 0 Å². The molecule has 0 atom stereocenters. The van der Waals surface area contributed by atoms with Gasteiger partial charge < -0.3 is 15.8 Å². The number of nitrogen functional groups attached to an aromatic ring is 1. The third-order valence-corrected chi connectivity index (χ3v) is 2.25. The van der Waals surface area contributed by atoms with Gasteiger partial charge in [0, 0.05) is 0 Å². The molecule has 3 N–H and O–H groups in total. The zero-order chi connectivity index (χ0) is 12.1. The summed E-state index contributed by atoms with van der Waals surface area (Å²) in [6, 6.07) is 4.70. The Morgan fingerprint density at radius 1 is 1.50 bits per heavy atom. The zero-order valence-electron chi connectivity index (χ0n) is 8.62. The largest absolute Gasteiger partial charge is 0.468 e. The molecule has 1 rings (SSSR count). The molecule has 0 heterocycles. The predicted molar refractivity (Wildman–Crippen MR) is 60.2 cm³/mol. The number of hydrogen-bond donors (Lipinski definition) is 2. The average Bonchev–Trinajstić information content (AvgIpc) is 2.29. The minimum atomic E-state index is -0.533. The summed E-state index contributed by atoms with van der Waals surface area (Å²) in [5.74, 6) is -1.00. The summed E-state index contributed by atoms with van der Waals surface area (Å²) < 4.78 is 4.38. The lowest BCUT2D eigenvalue weighted by molar-refractivity contribution is -0.139. The first-order valence-corrected chi connectivity index (χ1v) is 4.83. The molecule has 0 aliphatic rings. The van der Waals surface area contributed by atoms with Crippen molar-refractivity contribution in [3.05, 3.63) is 28.8 Å². The molecule has 0 aromatic heterocycles. The minimum absolute atomic E-state index is 0.187. The summed E-state index contributed by atoms with van der Waals surface area (Å²) in [6.45, 7) is -0.207. The van der Waals surface area contributed by atoms with Gasteiger partial charge >= 0.3 is 5.97 Å². The Morgan fingerprint density at radius 2 is 2.19 bits per heavy atom. The van der Waals surface area contributed by atoms with Crippen LogP contribution in [0.3, 0.4) is 0 Å². The van der Waals surface area contributed by atoms with E-state index in [4.69, 9.17) is 17.3 Å². The number of esters is 1. The summed E-state index contributed by atoms with van der Waals surface area (Å²) >= 11 is 5.75. The number of rotatable bonds is 3. The Balaban J connectivity index is 2.74. The summed E-state index contributed by atoms with van der Waals surface area (Å²) in [5.41, 5.74) is 6.03. The van der Waals surface area contributed by atoms with Gasteiger partial charge in [-0.1, -0.05) is 17.7 Å². The highest BCUT2D eigenvalue weighted by atomic mass is 35.5. The molecule has 1 aromatic rings. The number of hydrogen-bond acceptors (Lipinski definition) is 4. The van der Waals surface area contributed by atoms with Gasteiger partial charge in [-0.05, 0) is 12.1 Å². The Morgan fingerprint density at radius 3 is 2.81 bits per heavy atom. The second kappa shape index (κ2) is 5.37. The highest BCUT2D eigenvalue weighted by molar-refractivity contribution is 6.33. The van der Waals surface area contributed by atoms with E-state index in [-0.39, 0.29) is 17.8 Å². The van der Waals surface area contributed by atoms with Crippen molar-refractivity contribution in [2.75, 3.05) is 19.4 Å². The molecule has 1 amide bonds. The number of carbonyl (C=O) groups excluding carboxylic acids is 2. The van der Waals surface area contributed by atoms with Crippen molar-refractivity contribution >= 4 is 29.2 Å². The summed E-state index contributed by atoms with van der Waals surface area (Å²) in [7, 11) is 1.24. The first-order valence-electron chi connectivity index (χ1n) is 4.45. The number of ether oxygens (including phenoxy) is 1. The van der Waals surface area contributed by atoms with E-state index in [2.05, 4.69) is 10.1 Å². The fourth-order valence-electron chi connectivity index (χ4n) is 1.05. The van der Waals surface area contributed by atoms with Crippen LogP contribution in [0.25, 0.3) is 0 Å². The van der Waals surface area contributed by atoms with Gasteiger partial charge in [-0.2, -0.15) is 0 Å². The maximum absolute atomic E-state index is 11.6. The minimum Gasteiger partial charge on any atom is -0.468 e. The van der Waals surface area contributed by atoms with Crippen molar-refractivity contribution in [1.29, 1.82) is 0 Å². The number of anilines is 1. The molecular formula is C10H11ClN2O3. The van der Waals surface area contributed by atoms with Gasteiger partial charge in [0.1, 0.15) is 6.54 Å². The predicted octanol–water partition coefficient (Wildman–Crippen LogP) is 0.825. The number of nitrogens with one attached hydrogen (secondary N) is 1. The molecule has 0 saturated carbocycles. The smallest absolute Gasteiger partial charge is 0.325 e. The molecule has 16 heavy (non-hydrogen) atoms. The topological polar surface area (TPSA) is 81.4 Å². The van der Waals surface area contributed by atoms with Crippen molar-refractivity contribution < 1.29 is 14.3 Å². The van der Waals surface area contributed by atoms with E-state index in [0.717, 1.165) is 0 Å². The number of para-hydroxylation sites is 1. The molecular weight excluding hydrogens is 232 g/mol. The molecule has 0 aliphatic heterocycles. The number of methoxy groups -OCH3 is 1. The molecule has 1 aromatic carbocycles. The Bertz CT molecular complexity index is 421. The first-order chi connectivity index (χ1) is 7.56. The molecule has 86 valence electrons. The van der Waals surface area contributed by atoms with Crippen LogP contribution in [0.1, 0.15) is 10.4 Å². The molecule has 0 unspecified atom stereocenters. The normalized spacial score (nSPS) is 9.62. The third kappa shape index (κ3) is 2.87. The van der Waals surface area contributed by atoms with Crippen molar-refractivity contribution in [2.24, 2.45) is 0 Å². The van der Waals surface area contributed by atoms with Crippen molar-refractivity contribution in [3.63, 3.8) is 0 Å². The Labute approximate surface area is 97.5 Å². The fourth-order valence-corrected chi connectivity index (χ4v) is 1.23. The monoisotopic (exact) mass is 242 g/mol. The van der Waals surface area contributed by atoms with Crippen molar-refractivity contribution in [1.82, 2.24) is 5.32 Å². The first kappa shape index (κ1) is 12.3. The SMILES string of the molecule is COC(=O)CNC(=O)c1cccc(Cl)c1N. The van der Waals surface area contributed by atoms with Crippen LogP contribution in [0.15, 0.2) is 18.2 Å². The van der Waals surface area contributed by atoms with Gasteiger partial charge in [0.25, 0.3) is 5.91 Å². The van der Waals surface area contributed by atoms with Gasteiger partial charge in [-0.25, -0.2) is 0 Å². The van der Waals surface area contributed by atoms with E-state index in [0.29, 0.717) is 5.02 Å². The molecule has 0 saturated heterocycles. The zero-order valence-corrected chi connectivity index (χ0v) is 9.38. The van der Waals surface area contributed by atoms with Crippen LogP contribution in [0.5, 0.6) is 0 Å². The van der Waals surface area contributed by atoms with E-state index >= 15 is 0 Å². The Kier molecular flexibility index (Phi) is 4.13. The van der Waals surface area contributed by atoms with Crippen molar-refractivity contribution in [2.45, 2.75) is 0 Å². The maximum atomic E-state index is 11.6. The van der Waals surface area contributed by atoms with E-state index in [1.165, 1.54) is 13.2 Å². The lowest BCUT2D eigenvalue weighted by Crippen LogP contribution is -2.30. The fraction of sp³-hybridized carbons (Fsp3) is 0.200. The molecule has 5 nitrogen and oxygen atoms in total. The van der Waals surface area contributed by atoms with Gasteiger partial charge in [0.2, 0.25) is 0 Å². The number of amides is 1. The van der Waals surface area contributed by atoms with E-state index in [1.54, 1.807) is 12.1 Å². The van der Waals surface area contributed by atoms with Crippen LogP contribution >= 0.6 is 11.6 Å². The summed E-state index contributed by atoms with van der Waals surface area (Å²) in [6.07, 6.45) is 0. The second-order valence-electron chi connectivity index (χ2n) is 2.96. The highest BCUT2D eigenvalue weighted by Gasteiger charge is 2.12. The number of benzene rings is 1. The van der Waals surface area contributed by atoms with Crippen LogP contribution in [0.2, 0.25) is 5.02 Å². The van der Waals surface area contributed by atoms with Gasteiger partial charge in [-0.3, -0.25) is 9.59 Å². The van der Waals surface area contributed by atoms with E-state index < -0.39 is 11.9 Å². The number of nitrogens with two attached hydrogens (primary N) is 1. The van der Waals surface area contributed by atoms with Crippen LogP contribution in [-0.2, 0) is 9.53 Å². The quantitative estimate of drug-likeness (QED) is 0.608. The number of halogens is 1. The van der Waals surface area contributed by atoms with Gasteiger partial charge in [0.05, 0.1) is 23.4 Å². The van der Waals surface area contributed by atoms with Gasteiger partial charge in [-0.15, -0.1) is 0 Å². The van der Waals surface area contributed by atoms with Crippen molar-refractivity contribution in [3.8, 4) is 0 Å². The maximum Gasteiger partial charge on any atom is 0.325 e. The second-order valence-corrected chi connectivity index (χ2v) is 3.37. The van der Waals surface area contributed by atoms with Gasteiger partial charge in [0.15, 0.2) is 0 Å². The third-order valence-electron chi connectivity index (χ3n) is 1.92.